The molecule has 0 spiro atoms. The van der Waals surface area contributed by atoms with Crippen LogP contribution in [0.1, 0.15) is 25.3 Å². The van der Waals surface area contributed by atoms with Crippen LogP contribution in [0.4, 0.5) is 0 Å². The Morgan fingerprint density at radius 3 is 3.21 bits per heavy atom. The van der Waals surface area contributed by atoms with Crippen molar-refractivity contribution in [3.05, 3.63) is 23.9 Å². The van der Waals surface area contributed by atoms with Gasteiger partial charge in [0.05, 0.1) is 19.1 Å². The molecule has 0 aromatic carbocycles. The molecule has 1 N–H and O–H groups in total. The summed E-state index contributed by atoms with van der Waals surface area (Å²) < 4.78 is 10.7. The van der Waals surface area contributed by atoms with Crippen molar-refractivity contribution in [3.8, 4) is 5.88 Å². The van der Waals surface area contributed by atoms with Crippen molar-refractivity contribution in [1.82, 2.24) is 10.3 Å². The molecular formula is C14H20N2O3. The average Bonchev–Trinajstić information content (AvgIpc) is 2.45. The fourth-order valence-corrected chi connectivity index (χ4v) is 2.32. The highest BCUT2D eigenvalue weighted by atomic mass is 16.5. The van der Waals surface area contributed by atoms with E-state index in [1.807, 2.05) is 19.1 Å². The summed E-state index contributed by atoms with van der Waals surface area (Å²) >= 11 is 0. The van der Waals surface area contributed by atoms with E-state index in [4.69, 9.17) is 9.47 Å². The summed E-state index contributed by atoms with van der Waals surface area (Å²) in [6.07, 6.45) is 3.49. The van der Waals surface area contributed by atoms with E-state index in [0.717, 1.165) is 25.0 Å². The molecule has 1 aliphatic rings. The third-order valence-corrected chi connectivity index (χ3v) is 3.44. The molecule has 19 heavy (non-hydrogen) atoms. The van der Waals surface area contributed by atoms with Crippen molar-refractivity contribution in [2.45, 2.75) is 32.4 Å². The Balaban J connectivity index is 1.92. The first-order chi connectivity index (χ1) is 9.22. The number of carbonyl (C=O) groups is 1. The van der Waals surface area contributed by atoms with Gasteiger partial charge in [-0.2, -0.15) is 0 Å². The first kappa shape index (κ1) is 13.8. The van der Waals surface area contributed by atoms with Crippen LogP contribution < -0.4 is 10.1 Å². The minimum atomic E-state index is -0.0589. The highest BCUT2D eigenvalue weighted by molar-refractivity contribution is 5.79. The number of hydrogen-bond donors (Lipinski definition) is 1. The molecule has 0 saturated carbocycles. The molecule has 104 valence electrons. The minimum Gasteiger partial charge on any atom is -0.481 e. The lowest BCUT2D eigenvalue weighted by atomic mass is 9.94. The van der Waals surface area contributed by atoms with Crippen molar-refractivity contribution >= 4 is 5.91 Å². The van der Waals surface area contributed by atoms with E-state index >= 15 is 0 Å². The SMILES string of the molecule is COc1ncccc1CNC(=O)[C@@H]1CCCO[C@H]1C. The maximum Gasteiger partial charge on any atom is 0.225 e. The van der Waals surface area contributed by atoms with Gasteiger partial charge >= 0.3 is 0 Å². The number of aromatic nitrogens is 1. The highest BCUT2D eigenvalue weighted by Crippen LogP contribution is 2.21. The van der Waals surface area contributed by atoms with Crippen LogP contribution in [0.5, 0.6) is 5.88 Å². The van der Waals surface area contributed by atoms with Gasteiger partial charge in [-0.1, -0.05) is 6.07 Å². The molecule has 1 amide bonds. The van der Waals surface area contributed by atoms with E-state index in [1.165, 1.54) is 0 Å². The Morgan fingerprint density at radius 1 is 1.63 bits per heavy atom. The number of hydrogen-bond acceptors (Lipinski definition) is 4. The summed E-state index contributed by atoms with van der Waals surface area (Å²) in [5, 5.41) is 2.93. The quantitative estimate of drug-likeness (QED) is 0.895. The van der Waals surface area contributed by atoms with Gasteiger partial charge in [-0.05, 0) is 25.8 Å². The maximum atomic E-state index is 12.1. The topological polar surface area (TPSA) is 60.5 Å². The Morgan fingerprint density at radius 2 is 2.47 bits per heavy atom. The highest BCUT2D eigenvalue weighted by Gasteiger charge is 2.28. The van der Waals surface area contributed by atoms with Crippen LogP contribution in [0.15, 0.2) is 18.3 Å². The third-order valence-electron chi connectivity index (χ3n) is 3.44. The number of nitrogens with one attached hydrogen (secondary N) is 1. The zero-order valence-electron chi connectivity index (χ0n) is 11.4. The summed E-state index contributed by atoms with van der Waals surface area (Å²) in [6.45, 7) is 3.13. The molecule has 5 nitrogen and oxygen atoms in total. The molecule has 2 heterocycles. The Labute approximate surface area is 113 Å². The van der Waals surface area contributed by atoms with Gasteiger partial charge in [0.25, 0.3) is 0 Å². The van der Waals surface area contributed by atoms with Gasteiger partial charge in [0.2, 0.25) is 11.8 Å². The second kappa shape index (κ2) is 6.52. The third kappa shape index (κ3) is 3.44. The van der Waals surface area contributed by atoms with Crippen molar-refractivity contribution in [2.24, 2.45) is 5.92 Å². The van der Waals surface area contributed by atoms with Gasteiger partial charge in [-0.3, -0.25) is 4.79 Å². The van der Waals surface area contributed by atoms with E-state index in [9.17, 15) is 4.79 Å². The number of pyridine rings is 1. The number of amides is 1. The van der Waals surface area contributed by atoms with E-state index < -0.39 is 0 Å². The average molecular weight is 264 g/mol. The summed E-state index contributed by atoms with van der Waals surface area (Å²) in [6, 6.07) is 3.73. The number of ether oxygens (including phenoxy) is 2. The molecule has 1 aromatic heterocycles. The molecule has 5 heteroatoms. The Bertz CT molecular complexity index is 436. The molecule has 1 aromatic rings. The van der Waals surface area contributed by atoms with Crippen LogP contribution in [0.2, 0.25) is 0 Å². The van der Waals surface area contributed by atoms with Crippen LogP contribution >= 0.6 is 0 Å². The molecule has 1 aliphatic heterocycles. The second-order valence-corrected chi connectivity index (χ2v) is 4.71. The summed E-state index contributed by atoms with van der Waals surface area (Å²) in [5.74, 6) is 0.533. The molecule has 2 atom stereocenters. The van der Waals surface area contributed by atoms with Crippen LogP contribution in [-0.2, 0) is 16.1 Å². The van der Waals surface area contributed by atoms with Crippen molar-refractivity contribution in [3.63, 3.8) is 0 Å². The van der Waals surface area contributed by atoms with Crippen LogP contribution in [0.3, 0.4) is 0 Å². The van der Waals surface area contributed by atoms with Crippen LogP contribution in [0.25, 0.3) is 0 Å². The summed E-state index contributed by atoms with van der Waals surface area (Å²) in [5.41, 5.74) is 0.878. The van der Waals surface area contributed by atoms with E-state index in [0.29, 0.717) is 12.4 Å². The first-order valence-electron chi connectivity index (χ1n) is 6.59. The minimum absolute atomic E-state index is 0.00968. The number of rotatable bonds is 4. The smallest absolute Gasteiger partial charge is 0.225 e. The molecular weight excluding hydrogens is 244 g/mol. The van der Waals surface area contributed by atoms with Crippen LogP contribution in [-0.4, -0.2) is 30.7 Å². The van der Waals surface area contributed by atoms with Crippen molar-refractivity contribution < 1.29 is 14.3 Å². The summed E-state index contributed by atoms with van der Waals surface area (Å²) in [7, 11) is 1.57. The maximum absolute atomic E-state index is 12.1. The summed E-state index contributed by atoms with van der Waals surface area (Å²) in [4.78, 5) is 16.2. The zero-order chi connectivity index (χ0) is 13.7. The lowest BCUT2D eigenvalue weighted by molar-refractivity contribution is -0.133. The van der Waals surface area contributed by atoms with Gasteiger partial charge in [0.1, 0.15) is 0 Å². The molecule has 0 aliphatic carbocycles. The predicted molar refractivity (Wildman–Crippen MR) is 70.8 cm³/mol. The monoisotopic (exact) mass is 264 g/mol. The van der Waals surface area contributed by atoms with Crippen LogP contribution in [0, 0.1) is 5.92 Å². The normalized spacial score (nSPS) is 22.8. The lowest BCUT2D eigenvalue weighted by Crippen LogP contribution is -2.39. The largest absolute Gasteiger partial charge is 0.481 e. The van der Waals surface area contributed by atoms with Gasteiger partial charge in [-0.15, -0.1) is 0 Å². The standard InChI is InChI=1S/C14H20N2O3/c1-10-12(6-4-8-19-10)13(17)16-9-11-5-3-7-15-14(11)18-2/h3,5,7,10,12H,4,6,8-9H2,1-2H3,(H,16,17)/t10-,12+/m0/s1. The number of methoxy groups -OCH3 is 1. The number of carbonyl (C=O) groups excluding carboxylic acids is 1. The Hall–Kier alpha value is -1.62. The molecule has 0 unspecified atom stereocenters. The van der Waals surface area contributed by atoms with E-state index in [2.05, 4.69) is 10.3 Å². The predicted octanol–water partition coefficient (Wildman–Crippen LogP) is 1.52. The van der Waals surface area contributed by atoms with Gasteiger partial charge in [0, 0.05) is 24.9 Å². The van der Waals surface area contributed by atoms with Crippen molar-refractivity contribution in [1.29, 1.82) is 0 Å². The van der Waals surface area contributed by atoms with Gasteiger partial charge < -0.3 is 14.8 Å². The van der Waals surface area contributed by atoms with E-state index in [1.54, 1.807) is 13.3 Å². The fraction of sp³-hybridized carbons (Fsp3) is 0.571. The molecule has 0 radical (unpaired) electrons. The van der Waals surface area contributed by atoms with Crippen molar-refractivity contribution in [2.75, 3.05) is 13.7 Å². The molecule has 0 bridgehead atoms. The Kier molecular flexibility index (Phi) is 4.74. The van der Waals surface area contributed by atoms with Gasteiger partial charge in [0.15, 0.2) is 0 Å². The first-order valence-corrected chi connectivity index (χ1v) is 6.59. The van der Waals surface area contributed by atoms with E-state index in [-0.39, 0.29) is 17.9 Å². The molecule has 1 fully saturated rings. The lowest BCUT2D eigenvalue weighted by Gasteiger charge is -2.28. The molecule has 2 rings (SSSR count). The second-order valence-electron chi connectivity index (χ2n) is 4.71. The fourth-order valence-electron chi connectivity index (χ4n) is 2.32. The van der Waals surface area contributed by atoms with Gasteiger partial charge in [-0.25, -0.2) is 4.98 Å². The molecule has 1 saturated heterocycles. The number of nitrogens with zero attached hydrogens (tertiary/aromatic N) is 1. The zero-order valence-corrected chi connectivity index (χ0v) is 11.4.